The molecular weight excluding hydrogens is 424 g/mol. The van der Waals surface area contributed by atoms with E-state index >= 15 is 0 Å². The number of carbonyl (C=O) groups excluding carboxylic acids is 4. The molecule has 1 aromatic rings. The predicted molar refractivity (Wildman–Crippen MR) is 122 cm³/mol. The maximum absolute atomic E-state index is 13.2. The SMILES string of the molecule is CC(C)(CCOC(C)(C)C(C)(C)C)Oc1cccc2c1C(=O)N(C1CCC(=O)NC1=O)C2=O. The average Bonchev–Trinajstić information content (AvgIpc) is 2.92. The number of imide groups is 2. The smallest absolute Gasteiger partial charge is 0.266 e. The van der Waals surface area contributed by atoms with Gasteiger partial charge in [0, 0.05) is 12.8 Å². The van der Waals surface area contributed by atoms with Gasteiger partial charge in [-0.25, -0.2) is 0 Å². The van der Waals surface area contributed by atoms with Gasteiger partial charge in [0.1, 0.15) is 17.4 Å². The highest BCUT2D eigenvalue weighted by molar-refractivity contribution is 6.24. The number of rotatable bonds is 7. The Morgan fingerprint density at radius 2 is 1.67 bits per heavy atom. The molecule has 0 saturated carbocycles. The number of ether oxygens (including phenoxy) is 2. The Kier molecular flexibility index (Phi) is 6.45. The second-order valence-corrected chi connectivity index (χ2v) is 10.8. The van der Waals surface area contributed by atoms with Crippen molar-refractivity contribution in [2.45, 2.75) is 85.0 Å². The molecule has 0 radical (unpaired) electrons. The highest BCUT2D eigenvalue weighted by Crippen LogP contribution is 2.37. The summed E-state index contributed by atoms with van der Waals surface area (Å²) in [4.78, 5) is 50.9. The van der Waals surface area contributed by atoms with E-state index < -0.39 is 35.3 Å². The molecule has 2 aliphatic heterocycles. The van der Waals surface area contributed by atoms with Crippen molar-refractivity contribution in [3.63, 3.8) is 0 Å². The first-order valence-corrected chi connectivity index (χ1v) is 11.3. The molecule has 1 aromatic carbocycles. The maximum Gasteiger partial charge on any atom is 0.266 e. The third-order valence-electron chi connectivity index (χ3n) is 6.79. The normalized spacial score (nSPS) is 19.6. The van der Waals surface area contributed by atoms with Crippen molar-refractivity contribution in [3.05, 3.63) is 29.3 Å². The standard InChI is InChI=1S/C25H34N2O6/c1-23(2,3)25(6,7)32-14-13-24(4,5)33-17-10-8-9-15-19(17)22(31)27(21(15)30)16-11-12-18(28)26-20(16)29/h8-10,16H,11-14H2,1-7H3,(H,26,28,29). The van der Waals surface area contributed by atoms with Crippen molar-refractivity contribution >= 4 is 23.6 Å². The van der Waals surface area contributed by atoms with Gasteiger partial charge in [0.05, 0.1) is 23.3 Å². The Balaban J connectivity index is 1.76. The van der Waals surface area contributed by atoms with Gasteiger partial charge in [-0.1, -0.05) is 26.8 Å². The molecular formula is C25H34N2O6. The van der Waals surface area contributed by atoms with Crippen LogP contribution in [0.2, 0.25) is 0 Å². The number of nitrogens with one attached hydrogen (secondary N) is 1. The molecule has 0 aromatic heterocycles. The Morgan fingerprint density at radius 1 is 1.00 bits per heavy atom. The van der Waals surface area contributed by atoms with Gasteiger partial charge in [0.2, 0.25) is 11.8 Å². The number of benzene rings is 1. The minimum Gasteiger partial charge on any atom is -0.487 e. The number of carbonyl (C=O) groups is 4. The van der Waals surface area contributed by atoms with E-state index in [2.05, 4.69) is 39.9 Å². The zero-order chi connectivity index (χ0) is 24.8. The lowest BCUT2D eigenvalue weighted by atomic mass is 9.79. The molecule has 1 N–H and O–H groups in total. The van der Waals surface area contributed by atoms with Crippen molar-refractivity contribution in [3.8, 4) is 5.75 Å². The molecule has 4 amide bonds. The fourth-order valence-corrected chi connectivity index (χ4v) is 3.69. The van der Waals surface area contributed by atoms with Crippen LogP contribution in [-0.4, -0.2) is 52.4 Å². The minimum atomic E-state index is -1.01. The monoisotopic (exact) mass is 458 g/mol. The lowest BCUT2D eigenvalue weighted by molar-refractivity contribution is -0.136. The van der Waals surface area contributed by atoms with Gasteiger partial charge in [-0.05, 0) is 51.7 Å². The summed E-state index contributed by atoms with van der Waals surface area (Å²) >= 11 is 0. The van der Waals surface area contributed by atoms with E-state index in [9.17, 15) is 19.2 Å². The van der Waals surface area contributed by atoms with E-state index in [1.807, 2.05) is 13.8 Å². The van der Waals surface area contributed by atoms with Crippen LogP contribution in [0.15, 0.2) is 18.2 Å². The molecule has 1 fully saturated rings. The van der Waals surface area contributed by atoms with Gasteiger partial charge in [-0.15, -0.1) is 0 Å². The fourth-order valence-electron chi connectivity index (χ4n) is 3.69. The van der Waals surface area contributed by atoms with Crippen molar-refractivity contribution in [1.82, 2.24) is 10.2 Å². The third-order valence-corrected chi connectivity index (χ3v) is 6.79. The first kappa shape index (κ1) is 24.9. The third kappa shape index (κ3) is 4.95. The van der Waals surface area contributed by atoms with Crippen molar-refractivity contribution in [2.75, 3.05) is 6.61 Å². The van der Waals surface area contributed by atoms with Gasteiger partial charge >= 0.3 is 0 Å². The summed E-state index contributed by atoms with van der Waals surface area (Å²) in [7, 11) is 0. The zero-order valence-electron chi connectivity index (χ0n) is 20.5. The van der Waals surface area contributed by atoms with Gasteiger partial charge in [-0.3, -0.25) is 29.4 Å². The highest BCUT2D eigenvalue weighted by Gasteiger charge is 2.46. The summed E-state index contributed by atoms with van der Waals surface area (Å²) in [5.74, 6) is -1.89. The van der Waals surface area contributed by atoms with Crippen LogP contribution in [-0.2, 0) is 14.3 Å². The van der Waals surface area contributed by atoms with E-state index in [1.54, 1.807) is 18.2 Å². The summed E-state index contributed by atoms with van der Waals surface area (Å²) in [6.07, 6.45) is 0.749. The first-order valence-electron chi connectivity index (χ1n) is 11.3. The molecule has 0 aliphatic carbocycles. The Labute approximate surface area is 195 Å². The van der Waals surface area contributed by atoms with Crippen LogP contribution in [0.5, 0.6) is 5.75 Å². The predicted octanol–water partition coefficient (Wildman–Crippen LogP) is 3.48. The average molecular weight is 459 g/mol. The summed E-state index contributed by atoms with van der Waals surface area (Å²) in [5, 5.41) is 2.20. The minimum absolute atomic E-state index is 0.0372. The van der Waals surface area contributed by atoms with Crippen molar-refractivity contribution in [2.24, 2.45) is 5.41 Å². The van der Waals surface area contributed by atoms with Gasteiger partial charge in [-0.2, -0.15) is 0 Å². The van der Waals surface area contributed by atoms with Gasteiger partial charge < -0.3 is 9.47 Å². The zero-order valence-corrected chi connectivity index (χ0v) is 20.5. The number of hydrogen-bond acceptors (Lipinski definition) is 6. The van der Waals surface area contributed by atoms with Crippen molar-refractivity contribution < 1.29 is 28.7 Å². The maximum atomic E-state index is 13.2. The Bertz CT molecular complexity index is 989. The molecule has 1 saturated heterocycles. The van der Waals surface area contributed by atoms with Gasteiger partial charge in [0.25, 0.3) is 11.8 Å². The molecule has 2 heterocycles. The van der Waals surface area contributed by atoms with Crippen molar-refractivity contribution in [1.29, 1.82) is 0 Å². The van der Waals surface area contributed by atoms with Crippen LogP contribution >= 0.6 is 0 Å². The molecule has 0 spiro atoms. The molecule has 3 rings (SSSR count). The largest absolute Gasteiger partial charge is 0.487 e. The van der Waals surface area contributed by atoms with E-state index in [1.165, 1.54) is 0 Å². The number of amides is 4. The first-order chi connectivity index (χ1) is 15.1. The number of fused-ring (bicyclic) bond motifs is 1. The van der Waals surface area contributed by atoms with Crippen LogP contribution in [0.1, 0.15) is 88.4 Å². The summed E-state index contributed by atoms with van der Waals surface area (Å²) in [5.41, 5.74) is -0.694. The molecule has 180 valence electrons. The topological polar surface area (TPSA) is 102 Å². The molecule has 8 nitrogen and oxygen atoms in total. The van der Waals surface area contributed by atoms with E-state index in [-0.39, 0.29) is 35.0 Å². The van der Waals surface area contributed by atoms with Crippen LogP contribution in [0, 0.1) is 5.41 Å². The van der Waals surface area contributed by atoms with Crippen LogP contribution in [0.4, 0.5) is 0 Å². The lowest BCUT2D eigenvalue weighted by Gasteiger charge is -2.39. The summed E-state index contributed by atoms with van der Waals surface area (Å²) < 4.78 is 12.3. The number of nitrogens with zero attached hydrogens (tertiary/aromatic N) is 1. The molecule has 1 atom stereocenters. The number of hydrogen-bond donors (Lipinski definition) is 1. The molecule has 1 unspecified atom stereocenters. The van der Waals surface area contributed by atoms with E-state index in [0.717, 1.165) is 4.90 Å². The second-order valence-electron chi connectivity index (χ2n) is 10.8. The van der Waals surface area contributed by atoms with Crippen LogP contribution in [0.25, 0.3) is 0 Å². The highest BCUT2D eigenvalue weighted by atomic mass is 16.5. The van der Waals surface area contributed by atoms with Crippen LogP contribution < -0.4 is 10.1 Å². The number of piperidine rings is 1. The van der Waals surface area contributed by atoms with Gasteiger partial charge in [0.15, 0.2) is 0 Å². The van der Waals surface area contributed by atoms with E-state index in [4.69, 9.17) is 9.47 Å². The molecule has 0 bridgehead atoms. The quantitative estimate of drug-likeness (QED) is 0.628. The molecule has 33 heavy (non-hydrogen) atoms. The molecule has 2 aliphatic rings. The molecule has 8 heteroatoms. The van der Waals surface area contributed by atoms with Crippen LogP contribution in [0.3, 0.4) is 0 Å². The summed E-state index contributed by atoms with van der Waals surface area (Å²) in [6, 6.07) is 3.85. The Hall–Kier alpha value is -2.74. The second kappa shape index (κ2) is 8.56. The summed E-state index contributed by atoms with van der Waals surface area (Å²) in [6.45, 7) is 14.7. The fraction of sp³-hybridized carbons (Fsp3) is 0.600. The van der Waals surface area contributed by atoms with E-state index in [0.29, 0.717) is 18.8 Å². The Morgan fingerprint density at radius 3 is 2.27 bits per heavy atom. The lowest BCUT2D eigenvalue weighted by Crippen LogP contribution is -2.54.